The number of nitrogens with zero attached hydrogens (tertiary/aromatic N) is 2. The number of hydrogen-bond acceptors (Lipinski definition) is 5. The van der Waals surface area contributed by atoms with E-state index >= 15 is 0 Å². The maximum atomic E-state index is 13.5. The number of aliphatic hydroxyl groups excluding tert-OH is 1. The van der Waals surface area contributed by atoms with Crippen molar-refractivity contribution in [2.45, 2.75) is 56.0 Å². The van der Waals surface area contributed by atoms with E-state index in [1.54, 1.807) is 0 Å². The molecule has 4 rings (SSSR count). The average Bonchev–Trinajstić information content (AvgIpc) is 3.45. The summed E-state index contributed by atoms with van der Waals surface area (Å²) in [6, 6.07) is 10.6. The largest absolute Gasteiger partial charge is 0.416 e. The molecule has 226 valence electrons. The van der Waals surface area contributed by atoms with Gasteiger partial charge in [-0.2, -0.15) is 26.3 Å². The summed E-state index contributed by atoms with van der Waals surface area (Å²) in [5.74, 6) is -0.103. The number of likely N-dealkylation sites (tertiary alicyclic amines) is 1. The average molecular weight is 588 g/mol. The van der Waals surface area contributed by atoms with Gasteiger partial charge in [0.1, 0.15) is 5.60 Å². The predicted molar refractivity (Wildman–Crippen MR) is 140 cm³/mol. The van der Waals surface area contributed by atoms with Gasteiger partial charge >= 0.3 is 12.4 Å². The summed E-state index contributed by atoms with van der Waals surface area (Å²) in [7, 11) is 0. The van der Waals surface area contributed by atoms with Gasteiger partial charge in [0, 0.05) is 18.5 Å². The van der Waals surface area contributed by atoms with Crippen LogP contribution >= 0.6 is 0 Å². The van der Waals surface area contributed by atoms with Crippen molar-refractivity contribution in [3.63, 3.8) is 0 Å². The van der Waals surface area contributed by atoms with E-state index < -0.39 is 46.7 Å². The minimum atomic E-state index is -5.02. The number of benzene rings is 2. The molecular formula is C29H35F6N3O3. The van der Waals surface area contributed by atoms with E-state index in [0.717, 1.165) is 31.5 Å². The Kier molecular flexibility index (Phi) is 9.37. The van der Waals surface area contributed by atoms with Crippen LogP contribution in [0.4, 0.5) is 26.3 Å². The van der Waals surface area contributed by atoms with Crippen molar-refractivity contribution >= 4 is 5.91 Å². The number of rotatable bonds is 9. The summed E-state index contributed by atoms with van der Waals surface area (Å²) >= 11 is 0. The zero-order valence-corrected chi connectivity index (χ0v) is 22.8. The molecule has 0 saturated carbocycles. The predicted octanol–water partition coefficient (Wildman–Crippen LogP) is 5.11. The Bertz CT molecular complexity index is 1140. The SMILES string of the molecule is CC(CO)(OCC1(c2ccccc2)CCN(NC(=O)CN2CCCC2)CC1)c1cc(C(F)(F)F)cc(C(F)(F)F)c1. The van der Waals surface area contributed by atoms with Crippen molar-refractivity contribution in [2.75, 3.05) is 45.9 Å². The number of hydrogen-bond donors (Lipinski definition) is 2. The topological polar surface area (TPSA) is 65.0 Å². The summed E-state index contributed by atoms with van der Waals surface area (Å²) in [5, 5.41) is 12.0. The van der Waals surface area contributed by atoms with Crippen molar-refractivity contribution in [3.05, 3.63) is 70.8 Å². The quantitative estimate of drug-likeness (QED) is 0.400. The van der Waals surface area contributed by atoms with Crippen LogP contribution in [-0.2, 0) is 32.9 Å². The zero-order valence-electron chi connectivity index (χ0n) is 22.8. The number of piperidine rings is 1. The highest BCUT2D eigenvalue weighted by Gasteiger charge is 2.42. The molecule has 0 radical (unpaired) electrons. The molecular weight excluding hydrogens is 552 g/mol. The maximum absolute atomic E-state index is 13.5. The third kappa shape index (κ3) is 7.59. The number of carbonyl (C=O) groups excluding carboxylic acids is 1. The van der Waals surface area contributed by atoms with E-state index in [2.05, 4.69) is 10.3 Å². The molecule has 0 aromatic heterocycles. The fourth-order valence-electron chi connectivity index (χ4n) is 5.49. The fourth-order valence-corrected chi connectivity index (χ4v) is 5.49. The molecule has 0 bridgehead atoms. The van der Waals surface area contributed by atoms with Gasteiger partial charge in [-0.3, -0.25) is 15.1 Å². The van der Waals surface area contributed by atoms with Crippen molar-refractivity contribution < 1.29 is 41.0 Å². The maximum Gasteiger partial charge on any atom is 0.416 e. The standard InChI is InChI=1S/C29H35F6N3O3/c1-26(19-39,22-15-23(28(30,31)32)17-24(16-22)29(33,34)35)41-20-27(21-7-3-2-4-8-21)9-13-38(14-10-27)36-25(40)18-37-11-5-6-12-37/h2-4,7-8,15-17,39H,5-6,9-14,18-20H2,1H3,(H,36,40). The number of amides is 1. The van der Waals surface area contributed by atoms with Gasteiger partial charge in [0.05, 0.1) is 30.9 Å². The van der Waals surface area contributed by atoms with Crippen LogP contribution in [-0.4, -0.2) is 66.9 Å². The second kappa shape index (κ2) is 12.3. The second-order valence-electron chi connectivity index (χ2n) is 11.1. The molecule has 2 saturated heterocycles. The van der Waals surface area contributed by atoms with E-state index in [9.17, 15) is 36.2 Å². The first-order valence-electron chi connectivity index (χ1n) is 13.6. The molecule has 0 spiro atoms. The zero-order chi connectivity index (χ0) is 29.9. The number of alkyl halides is 6. The summed E-state index contributed by atoms with van der Waals surface area (Å²) < 4.78 is 87.2. The monoisotopic (exact) mass is 587 g/mol. The third-order valence-electron chi connectivity index (χ3n) is 8.12. The van der Waals surface area contributed by atoms with Crippen LogP contribution in [0.5, 0.6) is 0 Å². The Balaban J connectivity index is 1.54. The molecule has 2 N–H and O–H groups in total. The van der Waals surface area contributed by atoms with Gasteiger partial charge in [-0.25, -0.2) is 5.01 Å². The van der Waals surface area contributed by atoms with E-state index in [0.29, 0.717) is 44.6 Å². The first-order valence-corrected chi connectivity index (χ1v) is 13.6. The van der Waals surface area contributed by atoms with Crippen LogP contribution in [0.3, 0.4) is 0 Å². The number of aliphatic hydroxyl groups is 1. The highest BCUT2D eigenvalue weighted by molar-refractivity contribution is 5.77. The van der Waals surface area contributed by atoms with Gasteiger partial charge in [0.2, 0.25) is 5.91 Å². The molecule has 12 heteroatoms. The smallest absolute Gasteiger partial charge is 0.393 e. The Morgan fingerprint density at radius 3 is 1.95 bits per heavy atom. The Hall–Kier alpha value is -2.67. The molecule has 2 aliphatic heterocycles. The number of hydrazine groups is 1. The summed E-state index contributed by atoms with van der Waals surface area (Å²) in [5.41, 5.74) is -2.02. The Morgan fingerprint density at radius 2 is 1.44 bits per heavy atom. The molecule has 41 heavy (non-hydrogen) atoms. The van der Waals surface area contributed by atoms with Crippen LogP contribution in [0.2, 0.25) is 0 Å². The Labute approximate surface area is 235 Å². The number of ether oxygens (including phenoxy) is 1. The Morgan fingerprint density at radius 1 is 0.902 bits per heavy atom. The molecule has 2 aromatic rings. The van der Waals surface area contributed by atoms with Crippen LogP contribution in [0, 0.1) is 0 Å². The molecule has 1 amide bonds. The molecule has 1 unspecified atom stereocenters. The molecule has 2 aromatic carbocycles. The number of carbonyl (C=O) groups is 1. The van der Waals surface area contributed by atoms with Crippen LogP contribution in [0.15, 0.2) is 48.5 Å². The molecule has 1 atom stereocenters. The van der Waals surface area contributed by atoms with Gasteiger partial charge in [0.25, 0.3) is 0 Å². The highest BCUT2D eigenvalue weighted by atomic mass is 19.4. The van der Waals surface area contributed by atoms with Crippen molar-refractivity contribution in [1.82, 2.24) is 15.3 Å². The first kappa shape index (κ1) is 31.3. The summed E-state index contributed by atoms with van der Waals surface area (Å²) in [4.78, 5) is 14.6. The van der Waals surface area contributed by atoms with Crippen LogP contribution in [0.1, 0.15) is 54.9 Å². The highest BCUT2D eigenvalue weighted by Crippen LogP contribution is 2.41. The lowest BCUT2D eigenvalue weighted by molar-refractivity contribution is -0.144. The van der Waals surface area contributed by atoms with Gasteiger partial charge in [-0.15, -0.1) is 0 Å². The fraction of sp³-hybridized carbons (Fsp3) is 0.552. The first-order chi connectivity index (χ1) is 19.2. The lowest BCUT2D eigenvalue weighted by atomic mass is 9.73. The molecule has 2 heterocycles. The number of nitrogens with one attached hydrogen (secondary N) is 1. The van der Waals surface area contributed by atoms with Crippen molar-refractivity contribution in [1.29, 1.82) is 0 Å². The van der Waals surface area contributed by atoms with Crippen molar-refractivity contribution in [3.8, 4) is 0 Å². The van der Waals surface area contributed by atoms with E-state index in [1.807, 2.05) is 35.3 Å². The second-order valence-corrected chi connectivity index (χ2v) is 11.1. The minimum Gasteiger partial charge on any atom is -0.393 e. The minimum absolute atomic E-state index is 0.0560. The van der Waals surface area contributed by atoms with E-state index in [-0.39, 0.29) is 18.6 Å². The number of halogens is 6. The van der Waals surface area contributed by atoms with Gasteiger partial charge in [-0.1, -0.05) is 30.3 Å². The normalized spacial score (nSPS) is 20.1. The molecule has 0 aliphatic carbocycles. The van der Waals surface area contributed by atoms with Crippen LogP contribution < -0.4 is 5.43 Å². The summed E-state index contributed by atoms with van der Waals surface area (Å²) in [6.07, 6.45) is -6.91. The molecule has 6 nitrogen and oxygen atoms in total. The third-order valence-corrected chi connectivity index (χ3v) is 8.12. The molecule has 2 aliphatic rings. The van der Waals surface area contributed by atoms with Gasteiger partial charge in [0.15, 0.2) is 0 Å². The van der Waals surface area contributed by atoms with E-state index in [4.69, 9.17) is 4.74 Å². The lowest BCUT2D eigenvalue weighted by Crippen LogP contribution is -2.54. The van der Waals surface area contributed by atoms with E-state index in [1.165, 1.54) is 6.92 Å². The lowest BCUT2D eigenvalue weighted by Gasteiger charge is -2.44. The van der Waals surface area contributed by atoms with Crippen LogP contribution in [0.25, 0.3) is 0 Å². The molecule has 2 fully saturated rings. The van der Waals surface area contributed by atoms with Crippen molar-refractivity contribution in [2.24, 2.45) is 0 Å². The summed E-state index contributed by atoms with van der Waals surface area (Å²) in [6.45, 7) is 3.40. The van der Waals surface area contributed by atoms with Gasteiger partial charge < -0.3 is 9.84 Å². The van der Waals surface area contributed by atoms with Gasteiger partial charge in [-0.05, 0) is 75.0 Å².